The monoisotopic (exact) mass is 279 g/mol. The van der Waals surface area contributed by atoms with E-state index in [1.165, 1.54) is 6.26 Å². The molecule has 2 rings (SSSR count). The van der Waals surface area contributed by atoms with Gasteiger partial charge in [0.2, 0.25) is 6.29 Å². The van der Waals surface area contributed by atoms with Crippen molar-refractivity contribution in [3.63, 3.8) is 0 Å². The Kier molecular flexibility index (Phi) is 4.12. The van der Waals surface area contributed by atoms with Crippen LogP contribution in [0.5, 0.6) is 0 Å². The van der Waals surface area contributed by atoms with Gasteiger partial charge in [0.25, 0.3) is 0 Å². The second-order valence-electron chi connectivity index (χ2n) is 4.72. The number of furan rings is 1. The maximum absolute atomic E-state index is 11.9. The Bertz CT molecular complexity index is 581. The zero-order chi connectivity index (χ0) is 14.7. The third kappa shape index (κ3) is 3.01. The first-order valence-electron chi connectivity index (χ1n) is 6.49. The van der Waals surface area contributed by atoms with Crippen LogP contribution < -0.4 is 0 Å². The summed E-state index contributed by atoms with van der Waals surface area (Å²) in [7, 11) is 0. The fraction of sp³-hybridized carbons (Fsp3) is 0.429. The summed E-state index contributed by atoms with van der Waals surface area (Å²) in [5.41, 5.74) is 1.55. The molecule has 1 atom stereocenters. The number of carbonyl (C=O) groups is 2. The van der Waals surface area contributed by atoms with Crippen LogP contribution in [0.2, 0.25) is 0 Å². The van der Waals surface area contributed by atoms with Crippen molar-refractivity contribution < 1.29 is 23.5 Å². The van der Waals surface area contributed by atoms with Crippen molar-refractivity contribution in [3.8, 4) is 0 Å². The predicted molar refractivity (Wildman–Crippen MR) is 71.0 cm³/mol. The first-order valence-corrected chi connectivity index (χ1v) is 6.49. The molecular formula is C14H17NO5. The van der Waals surface area contributed by atoms with Gasteiger partial charge < -0.3 is 18.9 Å². The van der Waals surface area contributed by atoms with Crippen LogP contribution in [0, 0.1) is 5.92 Å². The second-order valence-corrected chi connectivity index (χ2v) is 4.72. The summed E-state index contributed by atoms with van der Waals surface area (Å²) >= 11 is 0. The standard InChI is InChI=1S/C14H17NO5/c1-4-12(19-13(16)8(2)3)20-14(17)10-7-11-9(15-10)5-6-18-11/h5-8,12,15H,4H2,1-3H3. The highest BCUT2D eigenvalue weighted by atomic mass is 16.7. The Morgan fingerprint density at radius 1 is 1.35 bits per heavy atom. The van der Waals surface area contributed by atoms with Crippen molar-refractivity contribution >= 4 is 23.0 Å². The van der Waals surface area contributed by atoms with Crippen LogP contribution in [-0.4, -0.2) is 23.2 Å². The summed E-state index contributed by atoms with van der Waals surface area (Å²) in [5.74, 6) is -1.25. The van der Waals surface area contributed by atoms with E-state index in [0.29, 0.717) is 17.5 Å². The third-order valence-electron chi connectivity index (χ3n) is 2.75. The van der Waals surface area contributed by atoms with Crippen LogP contribution in [-0.2, 0) is 14.3 Å². The highest BCUT2D eigenvalue weighted by Crippen LogP contribution is 2.17. The number of fused-ring (bicyclic) bond motifs is 1. The molecule has 0 radical (unpaired) electrons. The average molecular weight is 279 g/mol. The molecule has 0 aliphatic rings. The molecular weight excluding hydrogens is 262 g/mol. The van der Waals surface area contributed by atoms with Crippen LogP contribution in [0.4, 0.5) is 0 Å². The Labute approximate surface area is 116 Å². The fourth-order valence-electron chi connectivity index (χ4n) is 1.60. The Hall–Kier alpha value is -2.24. The number of nitrogens with one attached hydrogen (secondary N) is 1. The van der Waals surface area contributed by atoms with E-state index in [9.17, 15) is 9.59 Å². The Morgan fingerprint density at radius 3 is 2.70 bits per heavy atom. The van der Waals surface area contributed by atoms with E-state index in [4.69, 9.17) is 13.9 Å². The number of esters is 2. The molecule has 0 aliphatic carbocycles. The van der Waals surface area contributed by atoms with Crippen molar-refractivity contribution in [2.75, 3.05) is 0 Å². The second kappa shape index (κ2) is 5.81. The van der Waals surface area contributed by atoms with E-state index in [1.54, 1.807) is 32.9 Å². The molecule has 2 heterocycles. The molecule has 0 bridgehead atoms. The van der Waals surface area contributed by atoms with Crippen LogP contribution in [0.25, 0.3) is 11.1 Å². The molecule has 6 heteroatoms. The molecule has 2 aromatic heterocycles. The van der Waals surface area contributed by atoms with E-state index < -0.39 is 18.2 Å². The quantitative estimate of drug-likeness (QED) is 0.672. The van der Waals surface area contributed by atoms with Gasteiger partial charge in [-0.2, -0.15) is 0 Å². The van der Waals surface area contributed by atoms with Crippen molar-refractivity contribution in [2.24, 2.45) is 5.92 Å². The number of carbonyl (C=O) groups excluding carboxylic acids is 2. The van der Waals surface area contributed by atoms with Crippen LogP contribution in [0.1, 0.15) is 37.7 Å². The largest absolute Gasteiger partial charge is 0.463 e. The number of hydrogen-bond acceptors (Lipinski definition) is 5. The lowest BCUT2D eigenvalue weighted by molar-refractivity contribution is -0.172. The lowest BCUT2D eigenvalue weighted by Gasteiger charge is -2.17. The maximum Gasteiger partial charge on any atom is 0.357 e. The zero-order valence-corrected chi connectivity index (χ0v) is 11.6. The van der Waals surface area contributed by atoms with Crippen LogP contribution in [0.3, 0.4) is 0 Å². The molecule has 108 valence electrons. The van der Waals surface area contributed by atoms with Gasteiger partial charge in [0.15, 0.2) is 5.58 Å². The summed E-state index contributed by atoms with van der Waals surface area (Å²) in [6, 6.07) is 3.26. The molecule has 0 aliphatic heterocycles. The smallest absolute Gasteiger partial charge is 0.357 e. The number of aromatic amines is 1. The van der Waals surface area contributed by atoms with Crippen molar-refractivity contribution in [1.82, 2.24) is 4.98 Å². The lowest BCUT2D eigenvalue weighted by Crippen LogP contribution is -2.26. The molecule has 20 heavy (non-hydrogen) atoms. The summed E-state index contributed by atoms with van der Waals surface area (Å²) < 4.78 is 15.4. The lowest BCUT2D eigenvalue weighted by atomic mass is 10.2. The van der Waals surface area contributed by atoms with E-state index in [1.807, 2.05) is 0 Å². The first kappa shape index (κ1) is 14.2. The Balaban J connectivity index is 2.01. The van der Waals surface area contributed by atoms with E-state index in [2.05, 4.69) is 4.98 Å². The highest BCUT2D eigenvalue weighted by molar-refractivity contribution is 5.93. The minimum Gasteiger partial charge on any atom is -0.463 e. The van der Waals surface area contributed by atoms with Crippen molar-refractivity contribution in [2.45, 2.75) is 33.5 Å². The molecule has 0 saturated carbocycles. The Morgan fingerprint density at radius 2 is 2.10 bits per heavy atom. The number of aromatic nitrogens is 1. The maximum atomic E-state index is 11.9. The molecule has 6 nitrogen and oxygen atoms in total. The minimum absolute atomic E-state index is 0.262. The molecule has 0 aromatic carbocycles. The van der Waals surface area contributed by atoms with Crippen LogP contribution >= 0.6 is 0 Å². The van der Waals surface area contributed by atoms with E-state index >= 15 is 0 Å². The molecule has 2 aromatic rings. The molecule has 0 amide bonds. The summed E-state index contributed by atoms with van der Waals surface area (Å²) in [4.78, 5) is 26.3. The molecule has 0 fully saturated rings. The van der Waals surface area contributed by atoms with Gasteiger partial charge in [0.05, 0.1) is 17.7 Å². The molecule has 1 N–H and O–H groups in total. The number of ether oxygens (including phenoxy) is 2. The number of H-pyrrole nitrogens is 1. The van der Waals surface area contributed by atoms with Gasteiger partial charge in [0.1, 0.15) is 5.69 Å². The normalized spacial score (nSPS) is 12.6. The van der Waals surface area contributed by atoms with Gasteiger partial charge in [0, 0.05) is 18.6 Å². The first-order chi connectivity index (χ1) is 9.51. The van der Waals surface area contributed by atoms with Crippen molar-refractivity contribution in [3.05, 3.63) is 24.1 Å². The van der Waals surface area contributed by atoms with Crippen LogP contribution in [0.15, 0.2) is 22.8 Å². The van der Waals surface area contributed by atoms with Gasteiger partial charge in [-0.15, -0.1) is 0 Å². The van der Waals surface area contributed by atoms with Gasteiger partial charge in [-0.05, 0) is 0 Å². The number of hydrogen-bond donors (Lipinski definition) is 1. The fourth-order valence-corrected chi connectivity index (χ4v) is 1.60. The van der Waals surface area contributed by atoms with Gasteiger partial charge in [-0.1, -0.05) is 20.8 Å². The van der Waals surface area contributed by atoms with E-state index in [-0.39, 0.29) is 11.6 Å². The van der Waals surface area contributed by atoms with Crippen molar-refractivity contribution in [1.29, 1.82) is 0 Å². The topological polar surface area (TPSA) is 81.5 Å². The molecule has 0 spiro atoms. The SMILES string of the molecule is CCC(OC(=O)c1cc2occc2[nH]1)OC(=O)C(C)C. The zero-order valence-electron chi connectivity index (χ0n) is 11.6. The molecule has 0 saturated heterocycles. The minimum atomic E-state index is -0.882. The van der Waals surface area contributed by atoms with Gasteiger partial charge >= 0.3 is 11.9 Å². The summed E-state index contributed by atoms with van der Waals surface area (Å²) in [6.07, 6.45) is 1.03. The number of rotatable bonds is 5. The van der Waals surface area contributed by atoms with E-state index in [0.717, 1.165) is 0 Å². The predicted octanol–water partition coefficient (Wildman–Crippen LogP) is 2.85. The molecule has 1 unspecified atom stereocenters. The third-order valence-corrected chi connectivity index (χ3v) is 2.75. The van der Waals surface area contributed by atoms with Gasteiger partial charge in [-0.25, -0.2) is 4.79 Å². The highest BCUT2D eigenvalue weighted by Gasteiger charge is 2.21. The summed E-state index contributed by atoms with van der Waals surface area (Å²) in [6.45, 7) is 5.21. The summed E-state index contributed by atoms with van der Waals surface area (Å²) in [5, 5.41) is 0. The van der Waals surface area contributed by atoms with Gasteiger partial charge in [-0.3, -0.25) is 4.79 Å². The average Bonchev–Trinajstić information content (AvgIpc) is 2.97.